The highest BCUT2D eigenvalue weighted by atomic mass is 32.2. The molecular formula is C21H26N2O7S4. The van der Waals surface area contributed by atoms with E-state index in [-0.39, 0.29) is 29.7 Å². The molecule has 2 saturated heterocycles. The number of rotatable bonds is 8. The Kier molecular flexibility index (Phi) is 8.98. The Hall–Kier alpha value is -1.70. The largest absolute Gasteiger partial charge is 0.508 e. The smallest absolute Gasteiger partial charge is 0.327 e. The van der Waals surface area contributed by atoms with Gasteiger partial charge in [0.15, 0.2) is 0 Å². The lowest BCUT2D eigenvalue weighted by atomic mass is 10.00. The van der Waals surface area contributed by atoms with Crippen molar-refractivity contribution in [2.45, 2.75) is 41.3 Å². The van der Waals surface area contributed by atoms with Crippen LogP contribution >= 0.6 is 48.8 Å². The summed E-state index contributed by atoms with van der Waals surface area (Å²) in [6.07, 6.45) is 0.148. The predicted molar refractivity (Wildman–Crippen MR) is 136 cm³/mol. The van der Waals surface area contributed by atoms with Gasteiger partial charge in [0, 0.05) is 28.2 Å². The molecule has 2 aliphatic heterocycles. The number of thioether (sulfide) groups is 2. The Morgan fingerprint density at radius 1 is 1.06 bits per heavy atom. The van der Waals surface area contributed by atoms with Crippen LogP contribution in [0.4, 0.5) is 0 Å². The zero-order valence-electron chi connectivity index (χ0n) is 18.2. The summed E-state index contributed by atoms with van der Waals surface area (Å²) in [4.78, 5) is 52.1. The van der Waals surface area contributed by atoms with Crippen molar-refractivity contribution in [1.29, 1.82) is 0 Å². The van der Waals surface area contributed by atoms with Crippen molar-refractivity contribution < 1.29 is 34.5 Å². The molecule has 0 saturated carbocycles. The lowest BCUT2D eigenvalue weighted by Gasteiger charge is -2.32. The third-order valence-electron chi connectivity index (χ3n) is 5.83. The number of para-hydroxylation sites is 1. The van der Waals surface area contributed by atoms with E-state index < -0.39 is 51.7 Å². The first-order chi connectivity index (χ1) is 16.0. The second-order valence-electron chi connectivity index (χ2n) is 8.15. The van der Waals surface area contributed by atoms with Gasteiger partial charge in [0.2, 0.25) is 11.8 Å². The zero-order chi connectivity index (χ0) is 25.2. The normalized spacial score (nSPS) is 25.1. The second kappa shape index (κ2) is 11.4. The Morgan fingerprint density at radius 2 is 1.71 bits per heavy atom. The van der Waals surface area contributed by atoms with E-state index >= 15 is 0 Å². The number of aliphatic carboxylic acids is 2. The molecule has 0 radical (unpaired) electrons. The van der Waals surface area contributed by atoms with E-state index in [1.807, 2.05) is 0 Å². The van der Waals surface area contributed by atoms with E-state index in [1.165, 1.54) is 39.4 Å². The molecule has 2 aliphatic rings. The van der Waals surface area contributed by atoms with Crippen molar-refractivity contribution in [3.8, 4) is 5.75 Å². The first kappa shape index (κ1) is 26.9. The van der Waals surface area contributed by atoms with Gasteiger partial charge in [-0.15, -0.1) is 23.5 Å². The standard InChI is InChI=1S/C21H26N2O7S4/c1-10(17(25)22-9-33-7-12(22)20(27)28)6-15(31)16(32)18(26)23-13(21(29)30)8-34-19(23)11-4-2-3-5-14(11)24/h2-5,10,12-13,15-16,19,24,31-32H,6-9H2,1H3,(H,27,28)(H,29,30)/t10-,12-,13-,15?,16?,19?/m0/s1. The zero-order valence-corrected chi connectivity index (χ0v) is 21.6. The van der Waals surface area contributed by atoms with Crippen LogP contribution in [0.15, 0.2) is 24.3 Å². The molecular weight excluding hydrogens is 521 g/mol. The summed E-state index contributed by atoms with van der Waals surface area (Å²) in [6.45, 7) is 1.65. The molecule has 0 bridgehead atoms. The molecule has 0 aliphatic carbocycles. The number of carbonyl (C=O) groups excluding carboxylic acids is 2. The van der Waals surface area contributed by atoms with E-state index in [2.05, 4.69) is 25.3 Å². The molecule has 3 unspecified atom stereocenters. The van der Waals surface area contributed by atoms with Crippen molar-refractivity contribution in [2.24, 2.45) is 5.92 Å². The molecule has 2 heterocycles. The molecule has 6 atom stereocenters. The Balaban J connectivity index is 1.74. The Morgan fingerprint density at radius 3 is 2.32 bits per heavy atom. The molecule has 3 rings (SSSR count). The maximum atomic E-state index is 13.4. The van der Waals surface area contributed by atoms with Gasteiger partial charge in [-0.05, 0) is 12.5 Å². The van der Waals surface area contributed by atoms with E-state index in [0.29, 0.717) is 11.3 Å². The summed E-state index contributed by atoms with van der Waals surface area (Å²) in [5.41, 5.74) is 0.427. The van der Waals surface area contributed by atoms with Crippen LogP contribution in [-0.4, -0.2) is 88.8 Å². The number of amides is 2. The Labute approximate surface area is 216 Å². The number of phenolic OH excluding ortho intramolecular Hbond substituents is 1. The fraction of sp³-hybridized carbons (Fsp3) is 0.524. The number of benzene rings is 1. The highest BCUT2D eigenvalue weighted by molar-refractivity contribution is 8.00. The van der Waals surface area contributed by atoms with Crippen LogP contribution in [-0.2, 0) is 19.2 Å². The Bertz CT molecular complexity index is 965. The molecule has 0 aromatic heterocycles. The van der Waals surface area contributed by atoms with E-state index in [1.54, 1.807) is 25.1 Å². The molecule has 13 heteroatoms. The van der Waals surface area contributed by atoms with Crippen LogP contribution in [0.2, 0.25) is 0 Å². The van der Waals surface area contributed by atoms with Crippen LogP contribution in [0.3, 0.4) is 0 Å². The van der Waals surface area contributed by atoms with Gasteiger partial charge in [-0.1, -0.05) is 25.1 Å². The first-order valence-electron chi connectivity index (χ1n) is 10.5. The molecule has 9 nitrogen and oxygen atoms in total. The predicted octanol–water partition coefficient (Wildman–Crippen LogP) is 2.03. The van der Waals surface area contributed by atoms with Crippen molar-refractivity contribution in [3.05, 3.63) is 29.8 Å². The van der Waals surface area contributed by atoms with Gasteiger partial charge in [-0.25, -0.2) is 9.59 Å². The second-order valence-corrected chi connectivity index (χ2v) is 11.5. The minimum absolute atomic E-state index is 0.0438. The van der Waals surface area contributed by atoms with Crippen molar-refractivity contribution in [1.82, 2.24) is 9.80 Å². The highest BCUT2D eigenvalue weighted by Crippen LogP contribution is 2.45. The van der Waals surface area contributed by atoms with E-state index in [0.717, 1.165) is 0 Å². The van der Waals surface area contributed by atoms with Crippen LogP contribution in [0.5, 0.6) is 5.75 Å². The van der Waals surface area contributed by atoms with Gasteiger partial charge in [0.25, 0.3) is 0 Å². The number of carboxylic acid groups (broad SMARTS) is 2. The van der Waals surface area contributed by atoms with Gasteiger partial charge >= 0.3 is 11.9 Å². The fourth-order valence-corrected chi connectivity index (χ4v) is 7.27. The highest BCUT2D eigenvalue weighted by Gasteiger charge is 2.46. The fourth-order valence-electron chi connectivity index (χ4n) is 3.96. The van der Waals surface area contributed by atoms with Gasteiger partial charge in [-0.3, -0.25) is 9.59 Å². The third-order valence-corrected chi connectivity index (χ3v) is 9.47. The minimum atomic E-state index is -1.16. The summed E-state index contributed by atoms with van der Waals surface area (Å²) in [5.74, 6) is -3.01. The summed E-state index contributed by atoms with van der Waals surface area (Å²) in [5, 5.41) is 26.9. The molecule has 0 spiro atoms. The number of hydrogen-bond acceptors (Lipinski definition) is 9. The molecule has 1 aromatic carbocycles. The summed E-state index contributed by atoms with van der Waals surface area (Å²) < 4.78 is 0. The number of thiol groups is 2. The maximum absolute atomic E-state index is 13.4. The lowest BCUT2D eigenvalue weighted by molar-refractivity contribution is -0.149. The summed E-state index contributed by atoms with van der Waals surface area (Å²) >= 11 is 11.5. The van der Waals surface area contributed by atoms with Crippen LogP contribution < -0.4 is 0 Å². The molecule has 3 N–H and O–H groups in total. The summed E-state index contributed by atoms with van der Waals surface area (Å²) in [6, 6.07) is 4.45. The first-order valence-corrected chi connectivity index (χ1v) is 13.7. The minimum Gasteiger partial charge on any atom is -0.508 e. The number of aromatic hydroxyl groups is 1. The molecule has 1 aromatic rings. The van der Waals surface area contributed by atoms with Crippen LogP contribution in [0, 0.1) is 5.92 Å². The monoisotopic (exact) mass is 546 g/mol. The number of hydrogen-bond donors (Lipinski definition) is 5. The topological polar surface area (TPSA) is 135 Å². The third kappa shape index (κ3) is 5.58. The van der Waals surface area contributed by atoms with Gasteiger partial charge in [-0.2, -0.15) is 25.3 Å². The average molecular weight is 547 g/mol. The average Bonchev–Trinajstić information content (AvgIpc) is 3.45. The number of carboxylic acids is 2. The SMILES string of the molecule is C[C@@H](CC(S)C(S)C(=O)N1C(c2ccccc2O)SC[C@H]1C(=O)O)C(=O)N1CSC[C@H]1C(=O)O. The molecule has 2 amide bonds. The quantitative estimate of drug-likeness (QED) is 0.310. The van der Waals surface area contributed by atoms with E-state index in [4.69, 9.17) is 0 Å². The van der Waals surface area contributed by atoms with Crippen LogP contribution in [0.25, 0.3) is 0 Å². The van der Waals surface area contributed by atoms with Crippen LogP contribution in [0.1, 0.15) is 24.3 Å². The number of carbonyl (C=O) groups is 4. The van der Waals surface area contributed by atoms with E-state index in [9.17, 15) is 34.5 Å². The van der Waals surface area contributed by atoms with Crippen molar-refractivity contribution >= 4 is 72.5 Å². The molecule has 186 valence electrons. The maximum Gasteiger partial charge on any atom is 0.327 e. The molecule has 2 fully saturated rings. The van der Waals surface area contributed by atoms with Gasteiger partial charge in [0.1, 0.15) is 23.2 Å². The van der Waals surface area contributed by atoms with Crippen molar-refractivity contribution in [3.63, 3.8) is 0 Å². The van der Waals surface area contributed by atoms with Gasteiger partial charge < -0.3 is 25.1 Å². The summed E-state index contributed by atoms with van der Waals surface area (Å²) in [7, 11) is 0. The number of phenols is 1. The van der Waals surface area contributed by atoms with Crippen molar-refractivity contribution in [2.75, 3.05) is 17.4 Å². The lowest BCUT2D eigenvalue weighted by Crippen LogP contribution is -2.49. The van der Waals surface area contributed by atoms with Gasteiger partial charge in [0.05, 0.1) is 11.1 Å². The number of nitrogens with zero attached hydrogens (tertiary/aromatic N) is 2. The molecule has 34 heavy (non-hydrogen) atoms.